The molecule has 0 aromatic carbocycles. The number of carbonyl (C=O) groups is 1. The van der Waals surface area contributed by atoms with Gasteiger partial charge in [-0.1, -0.05) is 40.9 Å². The molecule has 0 aromatic rings. The fraction of sp³-hybridized carbons (Fsp3) is 0.889. The van der Waals surface area contributed by atoms with Gasteiger partial charge in [-0.05, 0) is 12.8 Å². The highest BCUT2D eigenvalue weighted by molar-refractivity contribution is 8.76. The van der Waals surface area contributed by atoms with Crippen molar-refractivity contribution in [3.63, 3.8) is 0 Å². The molecule has 1 saturated carbocycles. The quantitative estimate of drug-likeness (QED) is 0.715. The number of nitrogens with two attached hydrogens (primary N) is 1. The van der Waals surface area contributed by atoms with Crippen molar-refractivity contribution in [2.24, 2.45) is 5.73 Å². The number of hydrogen-bond donors (Lipinski definition) is 2. The third-order valence-electron chi connectivity index (χ3n) is 2.32. The lowest BCUT2D eigenvalue weighted by Crippen LogP contribution is -2.32. The van der Waals surface area contributed by atoms with Gasteiger partial charge < -0.3 is 10.8 Å². The Balaban J connectivity index is 2.05. The summed E-state index contributed by atoms with van der Waals surface area (Å²) in [5.74, 6) is -0.391. The Hall–Kier alpha value is 0.130. The van der Waals surface area contributed by atoms with Crippen LogP contribution < -0.4 is 5.73 Å². The lowest BCUT2D eigenvalue weighted by Gasteiger charge is -2.20. The van der Waals surface area contributed by atoms with Gasteiger partial charge in [-0.25, -0.2) is 0 Å². The molecule has 1 atom stereocenters. The van der Waals surface area contributed by atoms with Crippen molar-refractivity contribution in [3.05, 3.63) is 0 Å². The maximum Gasteiger partial charge on any atom is 0.321 e. The zero-order valence-corrected chi connectivity index (χ0v) is 9.78. The van der Waals surface area contributed by atoms with Crippen LogP contribution in [0.15, 0.2) is 0 Å². The Morgan fingerprint density at radius 1 is 1.43 bits per heavy atom. The van der Waals surface area contributed by atoms with Crippen LogP contribution in [0.3, 0.4) is 0 Å². The molecule has 0 aromatic heterocycles. The van der Waals surface area contributed by atoms with E-state index >= 15 is 0 Å². The molecule has 0 saturated heterocycles. The van der Waals surface area contributed by atoms with Gasteiger partial charge >= 0.3 is 5.97 Å². The van der Waals surface area contributed by atoms with Crippen molar-refractivity contribution < 1.29 is 9.90 Å². The predicted molar refractivity (Wildman–Crippen MR) is 62.5 cm³/mol. The van der Waals surface area contributed by atoms with Gasteiger partial charge in [-0.2, -0.15) is 0 Å². The van der Waals surface area contributed by atoms with Gasteiger partial charge in [0.1, 0.15) is 6.04 Å². The molecule has 0 radical (unpaired) electrons. The normalized spacial score (nSPS) is 20.6. The molecule has 1 fully saturated rings. The first kappa shape index (κ1) is 12.2. The number of hydrogen-bond acceptors (Lipinski definition) is 4. The van der Waals surface area contributed by atoms with Crippen molar-refractivity contribution in [3.8, 4) is 0 Å². The van der Waals surface area contributed by atoms with Gasteiger partial charge in [0.15, 0.2) is 0 Å². The van der Waals surface area contributed by atoms with E-state index in [1.165, 1.54) is 32.1 Å². The number of rotatable bonds is 5. The van der Waals surface area contributed by atoms with Crippen LogP contribution in [0.25, 0.3) is 0 Å². The van der Waals surface area contributed by atoms with Crippen molar-refractivity contribution in [1.82, 2.24) is 0 Å². The lowest BCUT2D eigenvalue weighted by molar-refractivity contribution is -0.137. The van der Waals surface area contributed by atoms with Crippen molar-refractivity contribution in [1.29, 1.82) is 0 Å². The van der Waals surface area contributed by atoms with E-state index in [1.54, 1.807) is 10.8 Å². The first-order valence-corrected chi connectivity index (χ1v) is 7.35. The maximum atomic E-state index is 10.4. The van der Waals surface area contributed by atoms with Crippen LogP contribution in [0, 0.1) is 0 Å². The summed E-state index contributed by atoms with van der Waals surface area (Å²) >= 11 is 0. The van der Waals surface area contributed by atoms with E-state index in [-0.39, 0.29) is 0 Å². The molecule has 1 aliphatic rings. The molecule has 1 rings (SSSR count). The SMILES string of the molecule is N[C@@H](CSSC1CCCCC1)C(=O)O. The Morgan fingerprint density at radius 2 is 2.07 bits per heavy atom. The monoisotopic (exact) mass is 235 g/mol. The molecule has 0 unspecified atom stereocenters. The van der Waals surface area contributed by atoms with Crippen LogP contribution >= 0.6 is 21.6 Å². The van der Waals surface area contributed by atoms with Crippen LogP contribution in [0.2, 0.25) is 0 Å². The average molecular weight is 235 g/mol. The summed E-state index contributed by atoms with van der Waals surface area (Å²) in [6.45, 7) is 0. The minimum absolute atomic E-state index is 0.510. The summed E-state index contributed by atoms with van der Waals surface area (Å²) in [6, 6.07) is -0.712. The van der Waals surface area contributed by atoms with Gasteiger partial charge in [0.05, 0.1) is 0 Å². The summed E-state index contributed by atoms with van der Waals surface area (Å²) in [5.41, 5.74) is 5.40. The van der Waals surface area contributed by atoms with E-state index in [4.69, 9.17) is 10.8 Å². The van der Waals surface area contributed by atoms with Crippen LogP contribution in [0.4, 0.5) is 0 Å². The Bertz CT molecular complexity index is 184. The largest absolute Gasteiger partial charge is 0.480 e. The second kappa shape index (κ2) is 6.58. The van der Waals surface area contributed by atoms with Gasteiger partial charge in [-0.15, -0.1) is 0 Å². The standard InChI is InChI=1S/C9H17NO2S2/c10-8(9(11)12)6-13-14-7-4-2-1-3-5-7/h7-8H,1-6,10H2,(H,11,12)/t8-/m0/s1. The lowest BCUT2D eigenvalue weighted by atomic mass is 10.0. The number of carboxylic acid groups (broad SMARTS) is 1. The summed E-state index contributed by atoms with van der Waals surface area (Å²) in [6.07, 6.45) is 6.56. The molecule has 14 heavy (non-hydrogen) atoms. The molecule has 82 valence electrons. The van der Waals surface area contributed by atoms with Gasteiger partial charge in [0.2, 0.25) is 0 Å². The summed E-state index contributed by atoms with van der Waals surface area (Å²) in [5, 5.41) is 9.29. The Labute approximate surface area is 92.6 Å². The van der Waals surface area contributed by atoms with E-state index < -0.39 is 12.0 Å². The van der Waals surface area contributed by atoms with Gasteiger partial charge in [0, 0.05) is 11.0 Å². The first-order valence-electron chi connectivity index (χ1n) is 4.97. The van der Waals surface area contributed by atoms with E-state index in [9.17, 15) is 4.79 Å². The topological polar surface area (TPSA) is 63.3 Å². The maximum absolute atomic E-state index is 10.4. The zero-order chi connectivity index (χ0) is 10.4. The first-order chi connectivity index (χ1) is 6.70. The van der Waals surface area contributed by atoms with Crippen LogP contribution in [0.1, 0.15) is 32.1 Å². The van der Waals surface area contributed by atoms with Crippen LogP contribution in [-0.2, 0) is 4.79 Å². The molecule has 0 spiro atoms. The van der Waals surface area contributed by atoms with Crippen LogP contribution in [-0.4, -0.2) is 28.1 Å². The fourth-order valence-electron chi connectivity index (χ4n) is 1.44. The van der Waals surface area contributed by atoms with E-state index in [2.05, 4.69) is 0 Å². The molecular formula is C9H17NO2S2. The van der Waals surface area contributed by atoms with E-state index in [1.807, 2.05) is 10.8 Å². The average Bonchev–Trinajstić information content (AvgIpc) is 2.19. The molecule has 0 heterocycles. The molecule has 3 nitrogen and oxygen atoms in total. The highest BCUT2D eigenvalue weighted by Gasteiger charge is 2.16. The molecule has 0 amide bonds. The van der Waals surface area contributed by atoms with Crippen molar-refractivity contribution >= 4 is 27.6 Å². The van der Waals surface area contributed by atoms with Crippen molar-refractivity contribution in [2.75, 3.05) is 5.75 Å². The fourth-order valence-corrected chi connectivity index (χ4v) is 4.36. The van der Waals surface area contributed by atoms with Gasteiger partial charge in [-0.3, -0.25) is 4.79 Å². The second-order valence-electron chi connectivity index (χ2n) is 3.59. The highest BCUT2D eigenvalue weighted by Crippen LogP contribution is 2.35. The second-order valence-corrected chi connectivity index (χ2v) is 6.30. The Morgan fingerprint density at radius 3 is 2.64 bits per heavy atom. The smallest absolute Gasteiger partial charge is 0.321 e. The zero-order valence-electron chi connectivity index (χ0n) is 8.15. The molecule has 3 N–H and O–H groups in total. The molecule has 1 aliphatic carbocycles. The summed E-state index contributed by atoms with van der Waals surface area (Å²) < 4.78 is 0. The van der Waals surface area contributed by atoms with Crippen LogP contribution in [0.5, 0.6) is 0 Å². The predicted octanol–water partition coefficient (Wildman–Crippen LogP) is 2.11. The van der Waals surface area contributed by atoms with Gasteiger partial charge in [0.25, 0.3) is 0 Å². The minimum Gasteiger partial charge on any atom is -0.480 e. The van der Waals surface area contributed by atoms with E-state index in [0.717, 1.165) is 5.25 Å². The van der Waals surface area contributed by atoms with Crippen molar-refractivity contribution in [2.45, 2.75) is 43.4 Å². The third-order valence-corrected chi connectivity index (χ3v) is 5.33. The number of carboxylic acids is 1. The Kier molecular flexibility index (Phi) is 5.74. The van der Waals surface area contributed by atoms with E-state index in [0.29, 0.717) is 5.75 Å². The highest BCUT2D eigenvalue weighted by atomic mass is 33.1. The minimum atomic E-state index is -0.901. The summed E-state index contributed by atoms with van der Waals surface area (Å²) in [7, 11) is 3.42. The third kappa shape index (κ3) is 4.57. The number of aliphatic carboxylic acids is 1. The molecule has 5 heteroatoms. The molecule has 0 aliphatic heterocycles. The molecular weight excluding hydrogens is 218 g/mol. The molecule has 0 bridgehead atoms. The summed E-state index contributed by atoms with van der Waals surface area (Å²) in [4.78, 5) is 10.4.